The summed E-state index contributed by atoms with van der Waals surface area (Å²) in [6.07, 6.45) is 3.18. The summed E-state index contributed by atoms with van der Waals surface area (Å²) < 4.78 is 5.71. The number of ether oxygens (including phenoxy) is 1. The highest BCUT2D eigenvalue weighted by atomic mass is 35.5. The van der Waals surface area contributed by atoms with Crippen LogP contribution in [0, 0.1) is 0 Å². The molecule has 0 bridgehead atoms. The molecule has 0 spiro atoms. The van der Waals surface area contributed by atoms with Gasteiger partial charge in [-0.2, -0.15) is 0 Å². The summed E-state index contributed by atoms with van der Waals surface area (Å²) in [6.45, 7) is 4.97. The summed E-state index contributed by atoms with van der Waals surface area (Å²) in [7, 11) is 0. The van der Waals surface area contributed by atoms with Crippen LogP contribution in [0.4, 0.5) is 0 Å². The van der Waals surface area contributed by atoms with Gasteiger partial charge in [-0.25, -0.2) is 0 Å². The molecule has 0 radical (unpaired) electrons. The molecule has 1 aliphatic heterocycles. The first-order valence-corrected chi connectivity index (χ1v) is 7.41. The Bertz CT molecular complexity index is 405. The van der Waals surface area contributed by atoms with Crippen molar-refractivity contribution in [1.29, 1.82) is 0 Å². The molecule has 0 amide bonds. The first-order valence-electron chi connectivity index (χ1n) is 7.03. The van der Waals surface area contributed by atoms with E-state index in [1.807, 2.05) is 25.1 Å². The van der Waals surface area contributed by atoms with E-state index in [0.717, 1.165) is 35.8 Å². The fourth-order valence-corrected chi connectivity index (χ4v) is 2.96. The average molecular weight is 284 g/mol. The first kappa shape index (κ1) is 14.6. The van der Waals surface area contributed by atoms with Crippen molar-refractivity contribution in [3.63, 3.8) is 0 Å². The molecule has 106 valence electrons. The third-order valence-electron chi connectivity index (χ3n) is 3.61. The fourth-order valence-electron chi connectivity index (χ4n) is 2.78. The quantitative estimate of drug-likeness (QED) is 0.870. The van der Waals surface area contributed by atoms with Crippen molar-refractivity contribution in [2.45, 2.75) is 32.2 Å². The largest absolute Gasteiger partial charge is 0.494 e. The Kier molecular flexibility index (Phi) is 5.49. The van der Waals surface area contributed by atoms with Gasteiger partial charge in [0.25, 0.3) is 0 Å². The Morgan fingerprint density at radius 1 is 1.37 bits per heavy atom. The summed E-state index contributed by atoms with van der Waals surface area (Å²) in [4.78, 5) is 2.42. The predicted molar refractivity (Wildman–Crippen MR) is 77.9 cm³/mol. The Morgan fingerprint density at radius 3 is 2.74 bits per heavy atom. The lowest BCUT2D eigenvalue weighted by Gasteiger charge is -2.29. The second kappa shape index (κ2) is 7.13. The van der Waals surface area contributed by atoms with Crippen LogP contribution in [0.5, 0.6) is 5.75 Å². The maximum atomic E-state index is 9.35. The van der Waals surface area contributed by atoms with E-state index in [9.17, 15) is 5.11 Å². The van der Waals surface area contributed by atoms with Crippen LogP contribution in [-0.2, 0) is 0 Å². The van der Waals surface area contributed by atoms with Crippen molar-refractivity contribution in [3.05, 3.63) is 28.8 Å². The van der Waals surface area contributed by atoms with Gasteiger partial charge < -0.3 is 9.84 Å². The van der Waals surface area contributed by atoms with Gasteiger partial charge >= 0.3 is 0 Å². The standard InChI is InChI=1S/C15H22ClNO2/c1-2-19-15-6-5-12(16)11-13(15)14(7-10-18)17-8-3-4-9-17/h5-6,11,14,18H,2-4,7-10H2,1H3. The highest BCUT2D eigenvalue weighted by Gasteiger charge is 2.25. The van der Waals surface area contributed by atoms with E-state index in [1.54, 1.807) is 0 Å². The third-order valence-corrected chi connectivity index (χ3v) is 3.85. The van der Waals surface area contributed by atoms with Crippen molar-refractivity contribution >= 4 is 11.6 Å². The molecule has 1 aromatic rings. The molecule has 0 aromatic heterocycles. The topological polar surface area (TPSA) is 32.7 Å². The monoisotopic (exact) mass is 283 g/mol. The lowest BCUT2D eigenvalue weighted by atomic mass is 10.0. The number of nitrogens with zero attached hydrogens (tertiary/aromatic N) is 1. The molecule has 2 rings (SSSR count). The highest BCUT2D eigenvalue weighted by molar-refractivity contribution is 6.30. The maximum absolute atomic E-state index is 9.35. The van der Waals surface area contributed by atoms with Crippen molar-refractivity contribution in [3.8, 4) is 5.75 Å². The van der Waals surface area contributed by atoms with E-state index in [0.29, 0.717) is 6.61 Å². The van der Waals surface area contributed by atoms with E-state index >= 15 is 0 Å². The lowest BCUT2D eigenvalue weighted by Crippen LogP contribution is -2.27. The van der Waals surface area contributed by atoms with E-state index in [2.05, 4.69) is 4.90 Å². The van der Waals surface area contributed by atoms with Gasteiger partial charge in [0.15, 0.2) is 0 Å². The number of hydrogen-bond donors (Lipinski definition) is 1. The minimum Gasteiger partial charge on any atom is -0.494 e. The minimum absolute atomic E-state index is 0.180. The van der Waals surface area contributed by atoms with Gasteiger partial charge in [0.2, 0.25) is 0 Å². The summed E-state index contributed by atoms with van der Waals surface area (Å²) in [5, 5.41) is 10.1. The molecule has 0 saturated carbocycles. The summed E-state index contributed by atoms with van der Waals surface area (Å²) in [5.74, 6) is 0.886. The Labute approximate surface area is 120 Å². The number of aliphatic hydroxyl groups is 1. The second-order valence-electron chi connectivity index (χ2n) is 4.89. The van der Waals surface area contributed by atoms with Crippen LogP contribution in [-0.4, -0.2) is 36.3 Å². The smallest absolute Gasteiger partial charge is 0.124 e. The van der Waals surface area contributed by atoms with Crippen LogP contribution in [0.2, 0.25) is 5.02 Å². The molecule has 1 saturated heterocycles. The van der Waals surface area contributed by atoms with E-state index < -0.39 is 0 Å². The van der Waals surface area contributed by atoms with Crippen LogP contribution in [0.15, 0.2) is 18.2 Å². The number of aliphatic hydroxyl groups excluding tert-OH is 1. The van der Waals surface area contributed by atoms with Crippen molar-refractivity contribution < 1.29 is 9.84 Å². The van der Waals surface area contributed by atoms with E-state index in [-0.39, 0.29) is 12.6 Å². The number of halogens is 1. The fraction of sp³-hybridized carbons (Fsp3) is 0.600. The predicted octanol–water partition coefficient (Wildman–Crippen LogP) is 3.26. The molecule has 1 aromatic carbocycles. The maximum Gasteiger partial charge on any atom is 0.124 e. The zero-order valence-corrected chi connectivity index (χ0v) is 12.2. The molecule has 1 unspecified atom stereocenters. The SMILES string of the molecule is CCOc1ccc(Cl)cc1C(CCO)N1CCCC1. The van der Waals surface area contributed by atoms with Crippen LogP contribution >= 0.6 is 11.6 Å². The van der Waals surface area contributed by atoms with Crippen molar-refractivity contribution in [1.82, 2.24) is 4.90 Å². The molecule has 19 heavy (non-hydrogen) atoms. The number of rotatable bonds is 6. The molecule has 4 heteroatoms. The normalized spacial score (nSPS) is 17.6. The summed E-state index contributed by atoms with van der Waals surface area (Å²) in [6, 6.07) is 5.97. The van der Waals surface area contributed by atoms with Gasteiger partial charge in [-0.05, 0) is 57.5 Å². The van der Waals surface area contributed by atoms with Crippen LogP contribution < -0.4 is 4.74 Å². The number of benzene rings is 1. The van der Waals surface area contributed by atoms with Gasteiger partial charge in [0.1, 0.15) is 5.75 Å². The Hall–Kier alpha value is -0.770. The first-order chi connectivity index (χ1) is 9.26. The summed E-state index contributed by atoms with van der Waals surface area (Å²) in [5.41, 5.74) is 1.10. The van der Waals surface area contributed by atoms with Gasteiger partial charge in [0, 0.05) is 23.2 Å². The molecule has 1 heterocycles. The summed E-state index contributed by atoms with van der Waals surface area (Å²) >= 11 is 6.13. The highest BCUT2D eigenvalue weighted by Crippen LogP contribution is 2.35. The Balaban J connectivity index is 2.30. The van der Waals surface area contributed by atoms with Crippen molar-refractivity contribution in [2.75, 3.05) is 26.3 Å². The zero-order valence-electron chi connectivity index (χ0n) is 11.4. The molecule has 1 aliphatic rings. The molecular formula is C15H22ClNO2. The average Bonchev–Trinajstić information content (AvgIpc) is 2.92. The number of likely N-dealkylation sites (tertiary alicyclic amines) is 1. The molecule has 1 N–H and O–H groups in total. The lowest BCUT2D eigenvalue weighted by molar-refractivity contribution is 0.181. The molecule has 1 atom stereocenters. The molecule has 1 fully saturated rings. The van der Waals surface area contributed by atoms with Gasteiger partial charge in [-0.3, -0.25) is 4.90 Å². The molecule has 0 aliphatic carbocycles. The zero-order chi connectivity index (χ0) is 13.7. The van der Waals surface area contributed by atoms with Crippen LogP contribution in [0.3, 0.4) is 0 Å². The van der Waals surface area contributed by atoms with Gasteiger partial charge in [-0.15, -0.1) is 0 Å². The number of hydrogen-bond acceptors (Lipinski definition) is 3. The van der Waals surface area contributed by atoms with Gasteiger partial charge in [0.05, 0.1) is 6.61 Å². The Morgan fingerprint density at radius 2 is 2.11 bits per heavy atom. The molecule has 3 nitrogen and oxygen atoms in total. The van der Waals surface area contributed by atoms with E-state index in [4.69, 9.17) is 16.3 Å². The second-order valence-corrected chi connectivity index (χ2v) is 5.32. The molecular weight excluding hydrogens is 262 g/mol. The third kappa shape index (κ3) is 3.62. The van der Waals surface area contributed by atoms with Crippen LogP contribution in [0.25, 0.3) is 0 Å². The van der Waals surface area contributed by atoms with Crippen molar-refractivity contribution in [2.24, 2.45) is 0 Å². The van der Waals surface area contributed by atoms with Gasteiger partial charge in [-0.1, -0.05) is 11.6 Å². The van der Waals surface area contributed by atoms with Crippen LogP contribution in [0.1, 0.15) is 37.8 Å². The minimum atomic E-state index is 0.180. The van der Waals surface area contributed by atoms with E-state index in [1.165, 1.54) is 12.8 Å².